The Bertz CT molecular complexity index is 812. The maximum Gasteiger partial charge on any atom is 0.416 e. The van der Waals surface area contributed by atoms with Crippen molar-refractivity contribution in [3.8, 4) is 0 Å². The van der Waals surface area contributed by atoms with E-state index < -0.39 is 17.9 Å². The van der Waals surface area contributed by atoms with Gasteiger partial charge in [-0.2, -0.15) is 13.2 Å². The van der Waals surface area contributed by atoms with Gasteiger partial charge in [0.15, 0.2) is 0 Å². The SMILES string of the molecule is O=C1NC(N2CC(CCO)C2)NC2NN(c3ccc(C(F)(F)F)cc3Cl)C=C12. The summed E-state index contributed by atoms with van der Waals surface area (Å²) in [5.41, 5.74) is 2.94. The third kappa shape index (κ3) is 3.58. The average molecular weight is 418 g/mol. The lowest BCUT2D eigenvalue weighted by molar-refractivity contribution is -0.137. The van der Waals surface area contributed by atoms with E-state index in [9.17, 15) is 18.0 Å². The summed E-state index contributed by atoms with van der Waals surface area (Å²) >= 11 is 6.05. The Morgan fingerprint density at radius 3 is 2.68 bits per heavy atom. The minimum atomic E-state index is -4.48. The lowest BCUT2D eigenvalue weighted by Crippen LogP contribution is -2.70. The van der Waals surface area contributed by atoms with Crippen LogP contribution in [-0.4, -0.2) is 48.1 Å². The summed E-state index contributed by atoms with van der Waals surface area (Å²) in [6, 6.07) is 3.06. The quantitative estimate of drug-likeness (QED) is 0.590. The second-order valence-corrected chi connectivity index (χ2v) is 7.46. The number of likely N-dealkylation sites (tertiary alicyclic amines) is 1. The number of amides is 1. The van der Waals surface area contributed by atoms with Gasteiger partial charge in [-0.3, -0.25) is 20.0 Å². The highest BCUT2D eigenvalue weighted by Gasteiger charge is 2.42. The molecule has 3 aliphatic rings. The van der Waals surface area contributed by atoms with Gasteiger partial charge in [-0.15, -0.1) is 0 Å². The molecule has 0 radical (unpaired) electrons. The van der Waals surface area contributed by atoms with E-state index in [-0.39, 0.29) is 23.8 Å². The lowest BCUT2D eigenvalue weighted by atomic mass is 9.96. The predicted molar refractivity (Wildman–Crippen MR) is 95.8 cm³/mol. The highest BCUT2D eigenvalue weighted by atomic mass is 35.5. The number of hydrogen-bond donors (Lipinski definition) is 4. The number of benzene rings is 1. The van der Waals surface area contributed by atoms with Crippen LogP contribution in [0.15, 0.2) is 30.0 Å². The van der Waals surface area contributed by atoms with Crippen LogP contribution >= 0.6 is 11.6 Å². The molecule has 28 heavy (non-hydrogen) atoms. The standard InChI is InChI=1S/C17H19ClF3N5O2/c18-12-5-10(17(19,20)21)1-2-13(12)26-8-11-14(24-26)22-16(23-15(11)28)25-6-9(7-25)3-4-27/h1-2,5,8-9,14,16,22,24,27H,3-4,6-7H2,(H,23,28). The van der Waals surface area contributed by atoms with Gasteiger partial charge in [0, 0.05) is 25.9 Å². The van der Waals surface area contributed by atoms with Crippen LogP contribution in [0.5, 0.6) is 0 Å². The van der Waals surface area contributed by atoms with Crippen LogP contribution in [0.4, 0.5) is 18.9 Å². The molecule has 4 N–H and O–H groups in total. The van der Waals surface area contributed by atoms with Gasteiger partial charge >= 0.3 is 6.18 Å². The number of anilines is 1. The van der Waals surface area contributed by atoms with Crippen LogP contribution in [0.2, 0.25) is 5.02 Å². The third-order valence-corrected chi connectivity index (χ3v) is 5.43. The van der Waals surface area contributed by atoms with Gasteiger partial charge in [-0.1, -0.05) is 11.6 Å². The minimum Gasteiger partial charge on any atom is -0.396 e. The zero-order chi connectivity index (χ0) is 20.1. The molecule has 3 aliphatic heterocycles. The molecule has 2 atom stereocenters. The van der Waals surface area contributed by atoms with E-state index in [4.69, 9.17) is 16.7 Å². The predicted octanol–water partition coefficient (Wildman–Crippen LogP) is 1.21. The van der Waals surface area contributed by atoms with Crippen LogP contribution in [-0.2, 0) is 11.0 Å². The van der Waals surface area contributed by atoms with Crippen molar-refractivity contribution < 1.29 is 23.1 Å². The minimum absolute atomic E-state index is 0.0793. The highest BCUT2D eigenvalue weighted by molar-refractivity contribution is 6.33. The molecule has 0 spiro atoms. The molecule has 7 nitrogen and oxygen atoms in total. The summed E-state index contributed by atoms with van der Waals surface area (Å²) in [6.45, 7) is 1.67. The summed E-state index contributed by atoms with van der Waals surface area (Å²) in [6.07, 6.45) is -3.09. The molecule has 2 fully saturated rings. The Morgan fingerprint density at radius 1 is 1.29 bits per heavy atom. The average Bonchev–Trinajstić information content (AvgIpc) is 3.01. The first kappa shape index (κ1) is 19.5. The first-order valence-corrected chi connectivity index (χ1v) is 9.20. The van der Waals surface area contributed by atoms with Crippen molar-refractivity contribution in [2.75, 3.05) is 24.7 Å². The van der Waals surface area contributed by atoms with Crippen LogP contribution in [0.3, 0.4) is 0 Å². The summed E-state index contributed by atoms with van der Waals surface area (Å²) in [5.74, 6) is 0.136. The Morgan fingerprint density at radius 2 is 2.04 bits per heavy atom. The number of aliphatic hydroxyl groups excluding tert-OH is 1. The number of carbonyl (C=O) groups is 1. The van der Waals surface area contributed by atoms with Gasteiger partial charge in [-0.25, -0.2) is 5.43 Å². The van der Waals surface area contributed by atoms with E-state index in [0.717, 1.165) is 31.6 Å². The van der Waals surface area contributed by atoms with Gasteiger partial charge in [0.25, 0.3) is 5.91 Å². The number of alkyl halides is 3. The molecule has 1 aromatic carbocycles. The second-order valence-electron chi connectivity index (χ2n) is 7.06. The molecule has 1 aromatic rings. The fraction of sp³-hybridized carbons (Fsp3) is 0.471. The Labute approximate surface area is 164 Å². The van der Waals surface area contributed by atoms with Crippen LogP contribution in [0.1, 0.15) is 12.0 Å². The maximum absolute atomic E-state index is 12.8. The van der Waals surface area contributed by atoms with Crippen molar-refractivity contribution in [2.24, 2.45) is 5.92 Å². The van der Waals surface area contributed by atoms with Gasteiger partial charge in [0.1, 0.15) is 12.5 Å². The smallest absolute Gasteiger partial charge is 0.396 e. The van der Waals surface area contributed by atoms with Crippen LogP contribution in [0.25, 0.3) is 0 Å². The molecule has 4 rings (SSSR count). The molecule has 0 saturated carbocycles. The fourth-order valence-corrected chi connectivity index (χ4v) is 3.86. The van der Waals surface area contributed by atoms with Gasteiger partial charge < -0.3 is 10.4 Å². The number of halogens is 4. The Hall–Kier alpha value is -1.85. The van der Waals surface area contributed by atoms with Crippen LogP contribution < -0.4 is 21.1 Å². The number of carbonyl (C=O) groups excluding carboxylic acids is 1. The molecule has 1 amide bonds. The molecule has 0 bridgehead atoms. The summed E-state index contributed by atoms with van der Waals surface area (Å²) in [7, 11) is 0. The molecule has 3 heterocycles. The Kier molecular flexibility index (Phi) is 5.00. The second kappa shape index (κ2) is 7.20. The first-order valence-electron chi connectivity index (χ1n) is 8.82. The number of aliphatic hydroxyl groups is 1. The van der Waals surface area contributed by atoms with Gasteiger partial charge in [-0.05, 0) is 30.5 Å². The molecule has 152 valence electrons. The van der Waals surface area contributed by atoms with E-state index in [2.05, 4.69) is 16.1 Å². The van der Waals surface area contributed by atoms with E-state index >= 15 is 0 Å². The normalized spacial score (nSPS) is 26.0. The lowest BCUT2D eigenvalue weighted by Gasteiger charge is -2.47. The summed E-state index contributed by atoms with van der Waals surface area (Å²) in [5, 5.41) is 16.5. The largest absolute Gasteiger partial charge is 0.416 e. The number of rotatable bonds is 4. The number of hydrogen-bond acceptors (Lipinski definition) is 6. The van der Waals surface area contributed by atoms with E-state index in [1.54, 1.807) is 0 Å². The zero-order valence-corrected chi connectivity index (χ0v) is 15.4. The zero-order valence-electron chi connectivity index (χ0n) is 14.6. The molecule has 2 unspecified atom stereocenters. The highest BCUT2D eigenvalue weighted by Crippen LogP contribution is 2.36. The van der Waals surface area contributed by atoms with Crippen molar-refractivity contribution in [1.82, 2.24) is 21.0 Å². The maximum atomic E-state index is 12.8. The van der Waals surface area contributed by atoms with Crippen molar-refractivity contribution in [3.05, 3.63) is 40.6 Å². The van der Waals surface area contributed by atoms with Gasteiger partial charge in [0.05, 0.1) is 21.8 Å². The fourth-order valence-electron chi connectivity index (χ4n) is 3.58. The summed E-state index contributed by atoms with van der Waals surface area (Å²) < 4.78 is 38.5. The summed E-state index contributed by atoms with van der Waals surface area (Å²) in [4.78, 5) is 14.5. The van der Waals surface area contributed by atoms with Crippen LogP contribution in [0, 0.1) is 5.92 Å². The number of nitrogens with zero attached hydrogens (tertiary/aromatic N) is 2. The van der Waals surface area contributed by atoms with Crippen molar-refractivity contribution in [3.63, 3.8) is 0 Å². The van der Waals surface area contributed by atoms with Crippen molar-refractivity contribution in [1.29, 1.82) is 0 Å². The van der Waals surface area contributed by atoms with E-state index in [1.807, 2.05) is 4.90 Å². The third-order valence-electron chi connectivity index (χ3n) is 5.12. The number of fused-ring (bicyclic) bond motifs is 1. The molecular formula is C17H19ClF3N5O2. The molecular weight excluding hydrogens is 399 g/mol. The van der Waals surface area contributed by atoms with E-state index in [1.165, 1.54) is 17.3 Å². The number of nitrogens with one attached hydrogen (secondary N) is 3. The van der Waals surface area contributed by atoms with E-state index in [0.29, 0.717) is 17.2 Å². The topological polar surface area (TPSA) is 79.9 Å². The molecule has 2 saturated heterocycles. The molecule has 0 aromatic heterocycles. The molecule has 11 heteroatoms. The molecule has 0 aliphatic carbocycles. The first-order chi connectivity index (χ1) is 13.3. The van der Waals surface area contributed by atoms with Crippen molar-refractivity contribution in [2.45, 2.75) is 25.1 Å². The Balaban J connectivity index is 1.45. The van der Waals surface area contributed by atoms with Gasteiger partial charge in [0.2, 0.25) is 0 Å². The monoisotopic (exact) mass is 417 g/mol. The van der Waals surface area contributed by atoms with Crippen molar-refractivity contribution >= 4 is 23.2 Å². The number of hydrazine groups is 1.